The third kappa shape index (κ3) is 3.95. The number of carbonyl (C=O) groups is 2. The maximum atomic E-state index is 14.7. The standard InChI is InChI=1S/C26H31N2O3P/c1-19(2)23-14-15-24(29)26(23)25(30)18-20(3)32(31)27(21-10-6-4-7-11-21)16-17-28(32)22-12-8-5-9-13-22/h4-13,19,23,26H,3,14-18H2,1-2H3. The van der Waals surface area contributed by atoms with Gasteiger partial charge in [-0.2, -0.15) is 0 Å². The van der Waals surface area contributed by atoms with Crippen LogP contribution in [0.1, 0.15) is 33.1 Å². The van der Waals surface area contributed by atoms with E-state index in [0.717, 1.165) is 17.8 Å². The molecular formula is C26H31N2O3P. The van der Waals surface area contributed by atoms with Gasteiger partial charge in [-0.3, -0.25) is 14.2 Å². The van der Waals surface area contributed by atoms with Gasteiger partial charge in [0.25, 0.3) is 7.44 Å². The molecule has 1 heterocycles. The SMILES string of the molecule is C=C(CC(=O)C1C(=O)CCC1C(C)C)P1(=O)N(c2ccccc2)CCN1c1ccccc1. The van der Waals surface area contributed by atoms with Gasteiger partial charge >= 0.3 is 0 Å². The van der Waals surface area contributed by atoms with Gasteiger partial charge in [-0.15, -0.1) is 0 Å². The predicted molar refractivity (Wildman–Crippen MR) is 130 cm³/mol. The molecule has 0 radical (unpaired) electrons. The van der Waals surface area contributed by atoms with Crippen LogP contribution < -0.4 is 9.34 Å². The van der Waals surface area contributed by atoms with Crippen LogP contribution in [0, 0.1) is 17.8 Å². The molecule has 6 heteroatoms. The molecule has 32 heavy (non-hydrogen) atoms. The fraction of sp³-hybridized carbons (Fsp3) is 0.385. The smallest absolute Gasteiger partial charge is 0.288 e. The third-order valence-corrected chi connectivity index (χ3v) is 9.93. The normalized spacial score (nSPS) is 22.5. The average molecular weight is 451 g/mol. The number of carbonyl (C=O) groups excluding carboxylic acids is 2. The average Bonchev–Trinajstić information content (AvgIpc) is 3.36. The summed E-state index contributed by atoms with van der Waals surface area (Å²) in [6.07, 6.45) is 1.17. The van der Waals surface area contributed by atoms with Crippen LogP contribution in [0.5, 0.6) is 0 Å². The fourth-order valence-corrected chi connectivity index (χ4v) is 8.04. The van der Waals surface area contributed by atoms with Crippen molar-refractivity contribution < 1.29 is 14.2 Å². The summed E-state index contributed by atoms with van der Waals surface area (Å²) < 4.78 is 18.5. The van der Waals surface area contributed by atoms with Crippen molar-refractivity contribution in [3.8, 4) is 0 Å². The summed E-state index contributed by atoms with van der Waals surface area (Å²) in [7, 11) is -3.34. The van der Waals surface area contributed by atoms with E-state index in [2.05, 4.69) is 20.4 Å². The predicted octanol–water partition coefficient (Wildman–Crippen LogP) is 5.93. The van der Waals surface area contributed by atoms with E-state index >= 15 is 0 Å². The highest BCUT2D eigenvalue weighted by molar-refractivity contribution is 7.71. The van der Waals surface area contributed by atoms with Gasteiger partial charge in [0.2, 0.25) is 0 Å². The lowest BCUT2D eigenvalue weighted by molar-refractivity contribution is -0.132. The van der Waals surface area contributed by atoms with Crippen LogP contribution >= 0.6 is 7.44 Å². The van der Waals surface area contributed by atoms with E-state index in [1.165, 1.54) is 0 Å². The highest BCUT2D eigenvalue weighted by Crippen LogP contribution is 2.66. The molecule has 1 aliphatic carbocycles. The van der Waals surface area contributed by atoms with E-state index < -0.39 is 13.4 Å². The van der Waals surface area contributed by atoms with Crippen LogP contribution in [-0.4, -0.2) is 24.7 Å². The molecule has 1 aliphatic heterocycles. The first-order valence-electron chi connectivity index (χ1n) is 11.3. The lowest BCUT2D eigenvalue weighted by Gasteiger charge is -2.34. The highest BCUT2D eigenvalue weighted by atomic mass is 31.2. The van der Waals surface area contributed by atoms with Gasteiger partial charge in [-0.1, -0.05) is 56.8 Å². The quantitative estimate of drug-likeness (QED) is 0.387. The minimum Gasteiger partial charge on any atom is -0.302 e. The lowest BCUT2D eigenvalue weighted by Crippen LogP contribution is -2.29. The van der Waals surface area contributed by atoms with Crippen molar-refractivity contribution in [3.63, 3.8) is 0 Å². The van der Waals surface area contributed by atoms with Crippen LogP contribution in [0.15, 0.2) is 72.6 Å². The Hall–Kier alpha value is -2.65. The van der Waals surface area contributed by atoms with Crippen LogP contribution in [0.2, 0.25) is 0 Å². The van der Waals surface area contributed by atoms with Gasteiger partial charge in [0.1, 0.15) is 11.6 Å². The molecule has 2 unspecified atom stereocenters. The second kappa shape index (κ2) is 9.07. The molecular weight excluding hydrogens is 419 g/mol. The van der Waals surface area contributed by atoms with Gasteiger partial charge < -0.3 is 9.34 Å². The number of para-hydroxylation sites is 2. The summed E-state index contributed by atoms with van der Waals surface area (Å²) in [6, 6.07) is 19.3. The number of anilines is 2. The molecule has 0 bridgehead atoms. The van der Waals surface area contributed by atoms with E-state index in [0.29, 0.717) is 24.8 Å². The molecule has 0 spiro atoms. The van der Waals surface area contributed by atoms with Crippen LogP contribution in [0.3, 0.4) is 0 Å². The summed E-state index contributed by atoms with van der Waals surface area (Å²) in [5, 5.41) is 0.398. The minimum absolute atomic E-state index is 0.0195. The van der Waals surface area contributed by atoms with E-state index in [4.69, 9.17) is 0 Å². The van der Waals surface area contributed by atoms with Gasteiger partial charge in [-0.25, -0.2) is 0 Å². The first-order valence-corrected chi connectivity index (χ1v) is 12.9. The Labute approximate surface area is 190 Å². The third-order valence-electron chi connectivity index (χ3n) is 6.78. The number of ketones is 2. The van der Waals surface area contributed by atoms with Gasteiger partial charge in [0.15, 0.2) is 0 Å². The molecule has 4 rings (SSSR count). The minimum atomic E-state index is -3.34. The molecule has 1 saturated heterocycles. The van der Waals surface area contributed by atoms with E-state index in [1.54, 1.807) is 0 Å². The zero-order valence-electron chi connectivity index (χ0n) is 18.8. The van der Waals surface area contributed by atoms with E-state index in [-0.39, 0.29) is 29.8 Å². The molecule has 2 aromatic rings. The Bertz CT molecular complexity index is 1000. The van der Waals surface area contributed by atoms with Crippen molar-refractivity contribution in [2.45, 2.75) is 33.1 Å². The molecule has 2 fully saturated rings. The Morgan fingerprint density at radius 1 is 1.00 bits per heavy atom. The number of Topliss-reactive ketones (excluding diaryl/α,β-unsaturated/α-hetero) is 2. The summed E-state index contributed by atoms with van der Waals surface area (Å²) >= 11 is 0. The molecule has 2 aliphatic rings. The maximum Gasteiger partial charge on any atom is 0.288 e. The number of hydrogen-bond donors (Lipinski definition) is 0. The van der Waals surface area contributed by atoms with E-state index in [1.807, 2.05) is 70.0 Å². The molecule has 0 N–H and O–H groups in total. The molecule has 1 saturated carbocycles. The number of benzene rings is 2. The summed E-state index contributed by atoms with van der Waals surface area (Å²) in [4.78, 5) is 25.9. The summed E-state index contributed by atoms with van der Waals surface area (Å²) in [5.41, 5.74) is 1.69. The van der Waals surface area contributed by atoms with Crippen LogP contribution in [0.4, 0.5) is 11.4 Å². The topological polar surface area (TPSA) is 57.7 Å². The zero-order valence-corrected chi connectivity index (χ0v) is 19.7. The van der Waals surface area contributed by atoms with Gasteiger partial charge in [-0.05, 0) is 42.5 Å². The van der Waals surface area contributed by atoms with Crippen molar-refractivity contribution in [3.05, 3.63) is 72.6 Å². The van der Waals surface area contributed by atoms with Gasteiger partial charge in [0.05, 0.1) is 5.92 Å². The molecule has 0 aromatic heterocycles. The van der Waals surface area contributed by atoms with Crippen molar-refractivity contribution in [2.75, 3.05) is 22.4 Å². The molecule has 5 nitrogen and oxygen atoms in total. The number of allylic oxidation sites excluding steroid dienone is 1. The van der Waals surface area contributed by atoms with Crippen molar-refractivity contribution in [1.29, 1.82) is 0 Å². The molecule has 0 amide bonds. The van der Waals surface area contributed by atoms with Crippen molar-refractivity contribution >= 4 is 30.4 Å². The summed E-state index contributed by atoms with van der Waals surface area (Å²) in [5.74, 6) is -0.405. The largest absolute Gasteiger partial charge is 0.302 e. The fourth-order valence-electron chi connectivity index (χ4n) is 5.12. The second-order valence-electron chi connectivity index (χ2n) is 9.06. The van der Waals surface area contributed by atoms with Crippen molar-refractivity contribution in [1.82, 2.24) is 0 Å². The highest BCUT2D eigenvalue weighted by Gasteiger charge is 2.48. The van der Waals surface area contributed by atoms with Crippen molar-refractivity contribution in [2.24, 2.45) is 17.8 Å². The lowest BCUT2D eigenvalue weighted by atomic mass is 9.82. The summed E-state index contributed by atoms with van der Waals surface area (Å²) in [6.45, 7) is 9.45. The second-order valence-corrected chi connectivity index (χ2v) is 11.7. The van der Waals surface area contributed by atoms with Crippen LogP contribution in [0.25, 0.3) is 0 Å². The molecule has 168 valence electrons. The zero-order chi connectivity index (χ0) is 22.9. The molecule has 2 aromatic carbocycles. The first kappa shape index (κ1) is 22.5. The number of nitrogens with zero attached hydrogens (tertiary/aromatic N) is 2. The maximum absolute atomic E-state index is 14.7. The number of hydrogen-bond acceptors (Lipinski definition) is 3. The Morgan fingerprint density at radius 3 is 1.97 bits per heavy atom. The first-order chi connectivity index (χ1) is 15.3. The number of rotatable bonds is 7. The Morgan fingerprint density at radius 2 is 1.50 bits per heavy atom. The Kier molecular flexibility index (Phi) is 6.39. The van der Waals surface area contributed by atoms with Gasteiger partial charge in [0, 0.05) is 42.6 Å². The monoisotopic (exact) mass is 450 g/mol. The Balaban J connectivity index is 1.67. The van der Waals surface area contributed by atoms with E-state index in [9.17, 15) is 14.2 Å². The van der Waals surface area contributed by atoms with Crippen LogP contribution in [-0.2, 0) is 14.2 Å². The molecule has 2 atom stereocenters.